The van der Waals surface area contributed by atoms with Crippen LogP contribution < -0.4 is 45.5 Å². The van der Waals surface area contributed by atoms with E-state index in [1.54, 1.807) is 6.07 Å². The molecule has 244 valence electrons. The van der Waals surface area contributed by atoms with Gasteiger partial charge >= 0.3 is 29.6 Å². The van der Waals surface area contributed by atoms with Crippen LogP contribution in [0.5, 0.6) is 0 Å². The van der Waals surface area contributed by atoms with Crippen molar-refractivity contribution in [3.8, 4) is 0 Å². The van der Waals surface area contributed by atoms with Crippen LogP contribution in [-0.2, 0) is 24.5 Å². The average molecular weight is 670 g/mol. The number of benzene rings is 1. The molecule has 5 N–H and O–H groups in total. The topological polar surface area (TPSA) is 201 Å². The number of hydrogen-bond acceptors (Lipinski definition) is 8. The van der Waals surface area contributed by atoms with Crippen LogP contribution in [0.1, 0.15) is 56.4 Å². The Morgan fingerprint density at radius 1 is 1.20 bits per heavy atom. The zero-order valence-electron chi connectivity index (χ0n) is 25.9. The van der Waals surface area contributed by atoms with Gasteiger partial charge in [-0.2, -0.15) is 0 Å². The molecule has 4 amide bonds. The quantitative estimate of drug-likeness (QED) is 0.136. The van der Waals surface area contributed by atoms with Gasteiger partial charge in [-0.25, -0.2) is 12.8 Å². The van der Waals surface area contributed by atoms with Gasteiger partial charge in [-0.3, -0.25) is 19.2 Å². The summed E-state index contributed by atoms with van der Waals surface area (Å²) >= 11 is 0. The van der Waals surface area contributed by atoms with E-state index < -0.39 is 63.1 Å². The van der Waals surface area contributed by atoms with E-state index in [1.807, 2.05) is 13.8 Å². The van der Waals surface area contributed by atoms with Gasteiger partial charge in [0.25, 0.3) is 5.91 Å². The fourth-order valence-corrected chi connectivity index (χ4v) is 7.93. The molecule has 6 rings (SSSR count). The summed E-state index contributed by atoms with van der Waals surface area (Å²) in [6.45, 7) is 4.59. The minimum atomic E-state index is -5.26. The van der Waals surface area contributed by atoms with Crippen LogP contribution in [0.15, 0.2) is 24.3 Å². The van der Waals surface area contributed by atoms with E-state index in [0.29, 0.717) is 37.7 Å². The van der Waals surface area contributed by atoms with E-state index in [9.17, 15) is 41.6 Å². The fraction of sp³-hybridized carbons (Fsp3) is 0.600. The Bertz CT molecular complexity index is 1660. The normalized spacial score (nSPS) is 27.1. The molecule has 2 aliphatic carbocycles. The molecule has 46 heavy (non-hydrogen) atoms. The predicted molar refractivity (Wildman–Crippen MR) is 156 cm³/mol. The first kappa shape index (κ1) is 34.8. The number of aromatic nitrogens is 1. The summed E-state index contributed by atoms with van der Waals surface area (Å²) in [4.78, 5) is 57.9. The molecular weight excluding hydrogens is 632 g/mol. The Kier molecular flexibility index (Phi) is 9.68. The van der Waals surface area contributed by atoms with E-state index in [4.69, 9.17) is 0 Å². The number of aliphatic hydroxyl groups is 1. The number of hydrogen-bond donors (Lipinski definition) is 5. The summed E-state index contributed by atoms with van der Waals surface area (Å²) in [7, 11) is -5.26. The van der Waals surface area contributed by atoms with Crippen molar-refractivity contribution < 1.29 is 71.2 Å². The standard InChI is InChI=1S/C30H38FN5O8S.Na/c1-30(2)17-13-36(28(40)23(14-8-9-14)35-26(38)20-12-16-18(31)6-3-7-19(16)33-20)24(22(17)30)27(39)34-21(29(41)45(42,43)44)11-15-5-4-10-32-25(15)37;/h3,6-7,12,14-15,17,21-24,29,33,41H,4-5,8-11,13H2,1-2H3,(H,32,37)(H,34,39)(H,35,38)(H,42,43,44);/q;+1/p-1/t15-,17-,21-,22-,23-,24-,29?;/m0./s1. The second-order valence-corrected chi connectivity index (χ2v) is 14.9. The third kappa shape index (κ3) is 6.59. The number of nitrogens with zero attached hydrogens (tertiary/aromatic N) is 1. The number of carbonyl (C=O) groups excluding carboxylic acids is 4. The predicted octanol–water partition coefficient (Wildman–Crippen LogP) is -2.43. The number of H-pyrrole nitrogens is 1. The SMILES string of the molecule is CC1(C)[C@@H]2[C@@H](C(=O)N[C@@H](C[C@@H]3CCCNC3=O)C(O)S(=O)(=O)[O-])N(C(=O)[C@@H](NC(=O)c3cc4c(F)cccc4[nH]3)C3CC3)C[C@@H]21.[Na+]. The Morgan fingerprint density at radius 3 is 2.54 bits per heavy atom. The summed E-state index contributed by atoms with van der Waals surface area (Å²) in [6.07, 6.45) is 2.09. The van der Waals surface area contributed by atoms with Crippen LogP contribution in [0, 0.1) is 34.9 Å². The third-order valence-corrected chi connectivity index (χ3v) is 11.1. The molecule has 2 saturated heterocycles. The Balaban J connectivity index is 0.00000417. The average Bonchev–Trinajstić information content (AvgIpc) is 3.76. The zero-order chi connectivity index (χ0) is 32.4. The van der Waals surface area contributed by atoms with Crippen LogP contribution >= 0.6 is 0 Å². The molecule has 0 spiro atoms. The van der Waals surface area contributed by atoms with Gasteiger partial charge in [-0.15, -0.1) is 0 Å². The number of aliphatic hydroxyl groups excluding tert-OH is 1. The van der Waals surface area contributed by atoms with Crippen LogP contribution in [0.25, 0.3) is 10.9 Å². The van der Waals surface area contributed by atoms with Crippen molar-refractivity contribution >= 4 is 44.6 Å². The number of carbonyl (C=O) groups is 4. The van der Waals surface area contributed by atoms with Gasteiger partial charge in [0.05, 0.1) is 6.04 Å². The Labute approximate surface area is 287 Å². The van der Waals surface area contributed by atoms with E-state index in [1.165, 1.54) is 23.1 Å². The van der Waals surface area contributed by atoms with Crippen LogP contribution in [0.2, 0.25) is 0 Å². The van der Waals surface area contributed by atoms with Crippen LogP contribution in [0.3, 0.4) is 0 Å². The van der Waals surface area contributed by atoms with Crippen molar-refractivity contribution in [2.45, 2.75) is 69.5 Å². The number of aromatic amines is 1. The van der Waals surface area contributed by atoms with Crippen LogP contribution in [0.4, 0.5) is 4.39 Å². The molecule has 3 heterocycles. The number of piperidine rings is 2. The van der Waals surface area contributed by atoms with Crippen LogP contribution in [-0.4, -0.2) is 88.2 Å². The van der Waals surface area contributed by atoms with Gasteiger partial charge in [-0.05, 0) is 73.5 Å². The first-order valence-electron chi connectivity index (χ1n) is 15.3. The van der Waals surface area contributed by atoms with E-state index in [2.05, 4.69) is 20.9 Å². The Hall–Kier alpha value is -2.56. The van der Waals surface area contributed by atoms with Crippen molar-refractivity contribution in [1.82, 2.24) is 25.8 Å². The van der Waals surface area contributed by atoms with E-state index in [0.717, 1.165) is 0 Å². The molecule has 1 aromatic heterocycles. The molecule has 13 nitrogen and oxygen atoms in total. The third-order valence-electron chi connectivity index (χ3n) is 10.2. The number of nitrogens with one attached hydrogen (secondary N) is 4. The summed E-state index contributed by atoms with van der Waals surface area (Å²) in [5.41, 5.74) is -2.30. The molecule has 7 atom stereocenters. The monoisotopic (exact) mass is 669 g/mol. The van der Waals surface area contributed by atoms with E-state index in [-0.39, 0.29) is 82.7 Å². The van der Waals surface area contributed by atoms with Gasteiger partial charge in [-0.1, -0.05) is 19.9 Å². The largest absolute Gasteiger partial charge is 1.00 e. The van der Waals surface area contributed by atoms with Crippen molar-refractivity contribution in [3.63, 3.8) is 0 Å². The number of likely N-dealkylation sites (tertiary alicyclic amines) is 1. The molecule has 4 fully saturated rings. The summed E-state index contributed by atoms with van der Waals surface area (Å²) < 4.78 is 49.7. The number of rotatable bonds is 10. The van der Waals surface area contributed by atoms with Crippen molar-refractivity contribution in [3.05, 3.63) is 35.8 Å². The maximum absolute atomic E-state index is 14.2. The number of fused-ring (bicyclic) bond motifs is 2. The molecule has 2 aliphatic heterocycles. The van der Waals surface area contributed by atoms with Gasteiger partial charge in [0.2, 0.25) is 17.7 Å². The van der Waals surface area contributed by atoms with Gasteiger partial charge in [0, 0.05) is 29.9 Å². The van der Waals surface area contributed by atoms with E-state index >= 15 is 0 Å². The molecule has 4 aliphatic rings. The Morgan fingerprint density at radius 2 is 1.91 bits per heavy atom. The molecule has 16 heteroatoms. The molecule has 1 aromatic carbocycles. The number of halogens is 1. The molecule has 0 bridgehead atoms. The summed E-state index contributed by atoms with van der Waals surface area (Å²) in [5, 5.41) is 18.6. The summed E-state index contributed by atoms with van der Waals surface area (Å²) in [5.74, 6) is -3.89. The van der Waals surface area contributed by atoms with Gasteiger partial charge in [0.15, 0.2) is 5.44 Å². The zero-order valence-corrected chi connectivity index (χ0v) is 28.7. The molecule has 2 aromatic rings. The molecule has 0 radical (unpaired) electrons. The minimum absolute atomic E-state index is 0. The van der Waals surface area contributed by atoms with Gasteiger partial charge in [0.1, 0.15) is 33.7 Å². The van der Waals surface area contributed by atoms with Gasteiger partial charge < -0.3 is 35.5 Å². The molecule has 1 unspecified atom stereocenters. The van der Waals surface area contributed by atoms with Crippen molar-refractivity contribution in [2.24, 2.45) is 29.1 Å². The first-order valence-corrected chi connectivity index (χ1v) is 16.7. The second kappa shape index (κ2) is 12.8. The first-order chi connectivity index (χ1) is 21.2. The molecular formula is C30H37FN5NaO8S. The minimum Gasteiger partial charge on any atom is -0.746 e. The maximum Gasteiger partial charge on any atom is 1.00 e. The second-order valence-electron chi connectivity index (χ2n) is 13.4. The fourth-order valence-electron chi connectivity index (χ4n) is 7.35. The maximum atomic E-state index is 14.2. The smallest absolute Gasteiger partial charge is 0.746 e. The van der Waals surface area contributed by atoms with Crippen molar-refractivity contribution in [2.75, 3.05) is 13.1 Å². The van der Waals surface area contributed by atoms with Crippen molar-refractivity contribution in [1.29, 1.82) is 0 Å². The number of amides is 4. The summed E-state index contributed by atoms with van der Waals surface area (Å²) in [6, 6.07) is 2.20. The molecule has 2 saturated carbocycles.